The minimum Gasteiger partial charge on any atom is -0.459 e. The maximum atomic E-state index is 5.97. The lowest BCUT2D eigenvalue weighted by molar-refractivity contribution is 0.446. The molecule has 1 aromatic carbocycles. The number of aryl methyl sites for hydroxylation is 2. The molecule has 4 heteroatoms. The van der Waals surface area contributed by atoms with Crippen LogP contribution in [0.1, 0.15) is 35.0 Å². The van der Waals surface area contributed by atoms with Gasteiger partial charge in [-0.1, -0.05) is 18.2 Å². The number of para-hydroxylation sites is 1. The van der Waals surface area contributed by atoms with E-state index in [-0.39, 0.29) is 6.04 Å². The van der Waals surface area contributed by atoms with Gasteiger partial charge in [0.25, 0.3) is 0 Å². The van der Waals surface area contributed by atoms with Crippen molar-refractivity contribution in [2.24, 2.45) is 0 Å². The van der Waals surface area contributed by atoms with E-state index in [9.17, 15) is 0 Å². The number of fused-ring (bicyclic) bond motifs is 1. The second-order valence-corrected chi connectivity index (χ2v) is 6.11. The molecule has 1 N–H and O–H groups in total. The third-order valence-corrected chi connectivity index (χ3v) is 4.35. The van der Waals surface area contributed by atoms with Gasteiger partial charge < -0.3 is 9.73 Å². The first-order valence-corrected chi connectivity index (χ1v) is 7.65. The van der Waals surface area contributed by atoms with Gasteiger partial charge in [-0.2, -0.15) is 0 Å². The Balaban J connectivity index is 1.78. The van der Waals surface area contributed by atoms with Gasteiger partial charge in [0.2, 0.25) is 0 Å². The number of nitrogens with zero attached hydrogens (tertiary/aromatic N) is 1. The van der Waals surface area contributed by atoms with Gasteiger partial charge in [0.15, 0.2) is 0 Å². The average Bonchev–Trinajstić information content (AvgIpc) is 3.01. The van der Waals surface area contributed by atoms with Crippen LogP contribution in [0.3, 0.4) is 0 Å². The van der Waals surface area contributed by atoms with Gasteiger partial charge >= 0.3 is 0 Å². The highest BCUT2D eigenvalue weighted by atomic mass is 32.1. The number of rotatable bonds is 4. The predicted octanol–water partition coefficient (Wildman–Crippen LogP) is 4.36. The second-order valence-electron chi connectivity index (χ2n) is 5.05. The SMILES string of the molecule is Cc1nc(CNC(C)c2oc3ccccc3c2C)cs1. The lowest BCUT2D eigenvalue weighted by Gasteiger charge is -2.11. The van der Waals surface area contributed by atoms with Gasteiger partial charge in [0, 0.05) is 17.3 Å². The van der Waals surface area contributed by atoms with Gasteiger partial charge in [-0.3, -0.25) is 0 Å². The standard InChI is InChI=1S/C16H18N2OS/c1-10-14-6-4-5-7-15(14)19-16(10)11(2)17-8-13-9-20-12(3)18-13/h4-7,9,11,17H,8H2,1-3H3. The van der Waals surface area contributed by atoms with Crippen molar-refractivity contribution in [3.63, 3.8) is 0 Å². The molecule has 104 valence electrons. The van der Waals surface area contributed by atoms with Crippen LogP contribution < -0.4 is 5.32 Å². The number of thiazole rings is 1. The molecule has 3 nitrogen and oxygen atoms in total. The summed E-state index contributed by atoms with van der Waals surface area (Å²) in [6, 6.07) is 8.34. The molecule has 2 aromatic heterocycles. The number of benzene rings is 1. The van der Waals surface area contributed by atoms with Gasteiger partial charge in [0.1, 0.15) is 11.3 Å². The summed E-state index contributed by atoms with van der Waals surface area (Å²) in [5.41, 5.74) is 3.27. The highest BCUT2D eigenvalue weighted by Gasteiger charge is 2.16. The summed E-state index contributed by atoms with van der Waals surface area (Å²) in [4.78, 5) is 4.47. The van der Waals surface area contributed by atoms with Gasteiger partial charge in [-0.15, -0.1) is 11.3 Å². The summed E-state index contributed by atoms with van der Waals surface area (Å²) in [6.45, 7) is 7.04. The van der Waals surface area contributed by atoms with E-state index in [0.29, 0.717) is 0 Å². The Morgan fingerprint density at radius 2 is 2.10 bits per heavy atom. The topological polar surface area (TPSA) is 38.1 Å². The number of furan rings is 1. The molecular weight excluding hydrogens is 268 g/mol. The largest absolute Gasteiger partial charge is 0.459 e. The molecule has 3 aromatic rings. The number of hydrogen-bond donors (Lipinski definition) is 1. The molecule has 20 heavy (non-hydrogen) atoms. The molecule has 2 heterocycles. The lowest BCUT2D eigenvalue weighted by atomic mass is 10.1. The van der Waals surface area contributed by atoms with Crippen LogP contribution >= 0.6 is 11.3 Å². The second kappa shape index (κ2) is 5.38. The maximum absolute atomic E-state index is 5.97. The molecule has 0 radical (unpaired) electrons. The van der Waals surface area contributed by atoms with Crippen molar-refractivity contribution in [2.75, 3.05) is 0 Å². The van der Waals surface area contributed by atoms with Crippen LogP contribution in [-0.2, 0) is 6.54 Å². The summed E-state index contributed by atoms with van der Waals surface area (Å²) < 4.78 is 5.97. The maximum Gasteiger partial charge on any atom is 0.134 e. The van der Waals surface area contributed by atoms with E-state index in [1.165, 1.54) is 10.9 Å². The predicted molar refractivity (Wildman–Crippen MR) is 83.1 cm³/mol. The molecule has 0 bridgehead atoms. The van der Waals surface area contributed by atoms with Crippen LogP contribution in [0.4, 0.5) is 0 Å². The first-order valence-electron chi connectivity index (χ1n) is 6.77. The Bertz CT molecular complexity index is 729. The minimum absolute atomic E-state index is 0.171. The zero-order valence-electron chi connectivity index (χ0n) is 11.9. The highest BCUT2D eigenvalue weighted by Crippen LogP contribution is 2.29. The van der Waals surface area contributed by atoms with Crippen molar-refractivity contribution in [1.82, 2.24) is 10.3 Å². The van der Waals surface area contributed by atoms with E-state index < -0.39 is 0 Å². The van der Waals surface area contributed by atoms with Crippen LogP contribution in [0.5, 0.6) is 0 Å². The van der Waals surface area contributed by atoms with Crippen LogP contribution in [0, 0.1) is 13.8 Å². The van der Waals surface area contributed by atoms with Gasteiger partial charge in [-0.05, 0) is 32.4 Å². The van der Waals surface area contributed by atoms with Gasteiger partial charge in [0.05, 0.1) is 16.7 Å². The van der Waals surface area contributed by atoms with Crippen molar-refractivity contribution in [2.45, 2.75) is 33.4 Å². The fourth-order valence-corrected chi connectivity index (χ4v) is 3.06. The average molecular weight is 286 g/mol. The molecule has 1 atom stereocenters. The summed E-state index contributed by atoms with van der Waals surface area (Å²) in [7, 11) is 0. The molecule has 0 fully saturated rings. The van der Waals surface area contributed by atoms with Crippen LogP contribution in [0.15, 0.2) is 34.1 Å². The van der Waals surface area contributed by atoms with Crippen LogP contribution in [-0.4, -0.2) is 4.98 Å². The molecule has 3 rings (SSSR count). The third kappa shape index (κ3) is 2.49. The fraction of sp³-hybridized carbons (Fsp3) is 0.312. The summed E-state index contributed by atoms with van der Waals surface area (Å²) >= 11 is 1.68. The van der Waals surface area contributed by atoms with Crippen LogP contribution in [0.2, 0.25) is 0 Å². The quantitative estimate of drug-likeness (QED) is 0.774. The normalized spacial score (nSPS) is 12.9. The van der Waals surface area contributed by atoms with E-state index in [4.69, 9.17) is 4.42 Å². The third-order valence-electron chi connectivity index (χ3n) is 3.53. The smallest absolute Gasteiger partial charge is 0.134 e. The zero-order valence-corrected chi connectivity index (χ0v) is 12.8. The van der Waals surface area contributed by atoms with Crippen molar-refractivity contribution >= 4 is 22.3 Å². The van der Waals surface area contributed by atoms with Gasteiger partial charge in [-0.25, -0.2) is 4.98 Å². The van der Waals surface area contributed by atoms with Crippen molar-refractivity contribution < 1.29 is 4.42 Å². The minimum atomic E-state index is 0.171. The molecule has 0 aliphatic carbocycles. The summed E-state index contributed by atoms with van der Waals surface area (Å²) in [5, 5.41) is 7.88. The van der Waals surface area contributed by atoms with E-state index in [0.717, 1.165) is 28.6 Å². The molecule has 0 aliphatic heterocycles. The Morgan fingerprint density at radius 3 is 2.80 bits per heavy atom. The van der Waals surface area contributed by atoms with Crippen molar-refractivity contribution in [3.8, 4) is 0 Å². The Kier molecular flexibility index (Phi) is 3.59. The number of nitrogens with one attached hydrogen (secondary N) is 1. The van der Waals surface area contributed by atoms with E-state index in [2.05, 4.69) is 35.6 Å². The van der Waals surface area contributed by atoms with E-state index in [1.807, 2.05) is 25.1 Å². The number of aromatic nitrogens is 1. The molecule has 0 amide bonds. The zero-order chi connectivity index (χ0) is 14.1. The van der Waals surface area contributed by atoms with E-state index in [1.54, 1.807) is 11.3 Å². The Morgan fingerprint density at radius 1 is 1.30 bits per heavy atom. The fourth-order valence-electron chi connectivity index (χ4n) is 2.45. The molecule has 0 saturated heterocycles. The summed E-state index contributed by atoms with van der Waals surface area (Å²) in [5.74, 6) is 1.01. The lowest BCUT2D eigenvalue weighted by Crippen LogP contribution is -2.18. The summed E-state index contributed by atoms with van der Waals surface area (Å²) in [6.07, 6.45) is 0. The molecule has 0 spiro atoms. The molecular formula is C16H18N2OS. The van der Waals surface area contributed by atoms with Crippen molar-refractivity contribution in [3.05, 3.63) is 51.7 Å². The van der Waals surface area contributed by atoms with E-state index >= 15 is 0 Å². The first kappa shape index (κ1) is 13.3. The highest BCUT2D eigenvalue weighted by molar-refractivity contribution is 7.09. The molecule has 0 saturated carbocycles. The first-order chi connectivity index (χ1) is 9.65. The van der Waals surface area contributed by atoms with Crippen LogP contribution in [0.25, 0.3) is 11.0 Å². The molecule has 0 aliphatic rings. The van der Waals surface area contributed by atoms with Crippen molar-refractivity contribution in [1.29, 1.82) is 0 Å². The monoisotopic (exact) mass is 286 g/mol. The number of hydrogen-bond acceptors (Lipinski definition) is 4. The Hall–Kier alpha value is -1.65. The Labute approximate surface area is 122 Å². The molecule has 1 unspecified atom stereocenters.